The molecular formula is C12H8Cl2N4O3. The molecule has 1 amide bonds. The highest BCUT2D eigenvalue weighted by atomic mass is 35.5. The number of aromatic carboxylic acids is 1. The molecule has 2 aromatic heterocycles. The zero-order chi connectivity index (χ0) is 15.4. The van der Waals surface area contributed by atoms with Gasteiger partial charge in [0.15, 0.2) is 11.5 Å². The van der Waals surface area contributed by atoms with E-state index < -0.39 is 11.9 Å². The molecule has 2 aromatic rings. The Bertz CT molecular complexity index is 709. The van der Waals surface area contributed by atoms with Crippen LogP contribution in [0.5, 0.6) is 0 Å². The van der Waals surface area contributed by atoms with E-state index >= 15 is 0 Å². The highest BCUT2D eigenvalue weighted by molar-refractivity contribution is 6.33. The summed E-state index contributed by atoms with van der Waals surface area (Å²) in [5.41, 5.74) is 0.116. The molecule has 0 bridgehead atoms. The molecule has 108 valence electrons. The van der Waals surface area contributed by atoms with Crippen molar-refractivity contribution in [2.45, 2.75) is 6.42 Å². The maximum absolute atomic E-state index is 11.9. The molecule has 2 N–H and O–H groups in total. The van der Waals surface area contributed by atoms with Gasteiger partial charge in [0, 0.05) is 12.4 Å². The van der Waals surface area contributed by atoms with E-state index in [0.717, 1.165) is 0 Å². The van der Waals surface area contributed by atoms with Gasteiger partial charge in [-0.1, -0.05) is 29.3 Å². The summed E-state index contributed by atoms with van der Waals surface area (Å²) in [6.45, 7) is 0. The summed E-state index contributed by atoms with van der Waals surface area (Å²) < 4.78 is 0. The van der Waals surface area contributed by atoms with Crippen molar-refractivity contribution in [1.29, 1.82) is 0 Å². The van der Waals surface area contributed by atoms with Crippen molar-refractivity contribution in [3.8, 4) is 0 Å². The molecule has 0 aliphatic carbocycles. The van der Waals surface area contributed by atoms with Crippen molar-refractivity contribution >= 4 is 40.9 Å². The van der Waals surface area contributed by atoms with Gasteiger partial charge in [0.1, 0.15) is 10.3 Å². The van der Waals surface area contributed by atoms with E-state index in [1.807, 2.05) is 0 Å². The third-order valence-corrected chi connectivity index (χ3v) is 2.94. The summed E-state index contributed by atoms with van der Waals surface area (Å²) in [6.07, 6.45) is 2.40. The second-order valence-corrected chi connectivity index (χ2v) is 4.61. The number of nitrogens with one attached hydrogen (secondary N) is 1. The number of amides is 1. The van der Waals surface area contributed by atoms with Crippen LogP contribution in [0.15, 0.2) is 24.5 Å². The molecule has 0 aromatic carbocycles. The first kappa shape index (κ1) is 15.1. The summed E-state index contributed by atoms with van der Waals surface area (Å²) in [6, 6.07) is 3.06. The number of carboxylic acid groups (broad SMARTS) is 1. The Kier molecular flexibility index (Phi) is 4.66. The molecule has 0 fully saturated rings. The number of nitrogens with zero attached hydrogens (tertiary/aromatic N) is 3. The number of aromatic nitrogens is 3. The maximum Gasteiger partial charge on any atom is 0.358 e. The standard InChI is InChI=1S/C12H8Cl2N4O3/c13-7-2-1-6(10(14)17-7)5-8(19)18-11-9(12(20)21)15-3-4-16-11/h1-4H,5H2,(H,20,21)(H,16,18,19). The Labute approximate surface area is 129 Å². The van der Waals surface area contributed by atoms with Gasteiger partial charge < -0.3 is 10.4 Å². The van der Waals surface area contributed by atoms with E-state index in [1.165, 1.54) is 18.5 Å². The van der Waals surface area contributed by atoms with E-state index in [-0.39, 0.29) is 28.2 Å². The molecule has 0 aliphatic rings. The van der Waals surface area contributed by atoms with Crippen LogP contribution in [0.4, 0.5) is 5.82 Å². The van der Waals surface area contributed by atoms with Gasteiger partial charge in [0.05, 0.1) is 6.42 Å². The van der Waals surface area contributed by atoms with Crippen LogP contribution >= 0.6 is 23.2 Å². The SMILES string of the molecule is O=C(Cc1ccc(Cl)nc1Cl)Nc1nccnc1C(=O)O. The molecule has 0 unspecified atom stereocenters. The molecule has 7 nitrogen and oxygen atoms in total. The fraction of sp³-hybridized carbons (Fsp3) is 0.0833. The van der Waals surface area contributed by atoms with Crippen LogP contribution in [-0.2, 0) is 11.2 Å². The highest BCUT2D eigenvalue weighted by Gasteiger charge is 2.16. The van der Waals surface area contributed by atoms with Crippen molar-refractivity contribution in [1.82, 2.24) is 15.0 Å². The van der Waals surface area contributed by atoms with Gasteiger partial charge >= 0.3 is 5.97 Å². The van der Waals surface area contributed by atoms with Crippen LogP contribution < -0.4 is 5.32 Å². The monoisotopic (exact) mass is 326 g/mol. The van der Waals surface area contributed by atoms with Crippen LogP contribution in [0.1, 0.15) is 16.1 Å². The summed E-state index contributed by atoms with van der Waals surface area (Å²) in [7, 11) is 0. The summed E-state index contributed by atoms with van der Waals surface area (Å²) in [5.74, 6) is -1.92. The van der Waals surface area contributed by atoms with E-state index in [0.29, 0.717) is 5.56 Å². The number of pyridine rings is 1. The molecule has 21 heavy (non-hydrogen) atoms. The minimum Gasteiger partial charge on any atom is -0.476 e. The lowest BCUT2D eigenvalue weighted by atomic mass is 10.2. The molecular weight excluding hydrogens is 319 g/mol. The van der Waals surface area contributed by atoms with Crippen LogP contribution in [0.25, 0.3) is 0 Å². The normalized spacial score (nSPS) is 10.2. The fourth-order valence-corrected chi connectivity index (χ4v) is 1.92. The quantitative estimate of drug-likeness (QED) is 0.833. The average Bonchev–Trinajstić information content (AvgIpc) is 2.42. The second kappa shape index (κ2) is 6.47. The molecule has 2 rings (SSSR count). The lowest BCUT2D eigenvalue weighted by Crippen LogP contribution is -2.19. The van der Waals surface area contributed by atoms with Gasteiger partial charge in [-0.15, -0.1) is 0 Å². The zero-order valence-electron chi connectivity index (χ0n) is 10.4. The fourth-order valence-electron chi connectivity index (χ4n) is 1.51. The van der Waals surface area contributed by atoms with E-state index in [9.17, 15) is 9.59 Å². The zero-order valence-corrected chi connectivity index (χ0v) is 11.9. The first-order valence-corrected chi connectivity index (χ1v) is 6.38. The third kappa shape index (κ3) is 3.87. The Morgan fingerprint density at radius 2 is 1.90 bits per heavy atom. The first-order valence-electron chi connectivity index (χ1n) is 5.62. The van der Waals surface area contributed by atoms with Gasteiger partial charge in [0.25, 0.3) is 0 Å². The number of hydrogen-bond donors (Lipinski definition) is 2. The number of halogens is 2. The molecule has 0 aliphatic heterocycles. The van der Waals surface area contributed by atoms with Gasteiger partial charge in [-0.25, -0.2) is 19.7 Å². The van der Waals surface area contributed by atoms with Crippen molar-refractivity contribution in [2.75, 3.05) is 5.32 Å². The molecule has 9 heteroatoms. The van der Waals surface area contributed by atoms with Crippen LogP contribution in [0, 0.1) is 0 Å². The van der Waals surface area contributed by atoms with Crippen molar-refractivity contribution in [2.24, 2.45) is 0 Å². The molecule has 0 radical (unpaired) electrons. The van der Waals surface area contributed by atoms with Gasteiger partial charge in [0.2, 0.25) is 5.91 Å². The predicted octanol–water partition coefficient (Wildman–Crippen LogP) is 2.06. The summed E-state index contributed by atoms with van der Waals surface area (Å²) in [5, 5.41) is 11.6. The first-order chi connectivity index (χ1) is 9.97. The second-order valence-electron chi connectivity index (χ2n) is 3.87. The smallest absolute Gasteiger partial charge is 0.358 e. The number of carbonyl (C=O) groups excluding carboxylic acids is 1. The predicted molar refractivity (Wildman–Crippen MR) is 75.6 cm³/mol. The Morgan fingerprint density at radius 1 is 1.19 bits per heavy atom. The van der Waals surface area contributed by atoms with E-state index in [4.69, 9.17) is 28.3 Å². The lowest BCUT2D eigenvalue weighted by Gasteiger charge is -2.07. The number of carbonyl (C=O) groups is 2. The van der Waals surface area contributed by atoms with Gasteiger partial charge in [-0.05, 0) is 11.6 Å². The topological polar surface area (TPSA) is 105 Å². The maximum atomic E-state index is 11.9. The Hall–Kier alpha value is -2.25. The Morgan fingerprint density at radius 3 is 2.57 bits per heavy atom. The van der Waals surface area contributed by atoms with Crippen molar-refractivity contribution < 1.29 is 14.7 Å². The number of carboxylic acids is 1. The summed E-state index contributed by atoms with van der Waals surface area (Å²) in [4.78, 5) is 34.1. The van der Waals surface area contributed by atoms with Gasteiger partial charge in [-0.3, -0.25) is 4.79 Å². The minimum atomic E-state index is -1.29. The molecule has 0 atom stereocenters. The summed E-state index contributed by atoms with van der Waals surface area (Å²) >= 11 is 11.5. The Balaban J connectivity index is 2.14. The molecule has 0 spiro atoms. The van der Waals surface area contributed by atoms with Crippen LogP contribution in [0.3, 0.4) is 0 Å². The number of rotatable bonds is 4. The van der Waals surface area contributed by atoms with E-state index in [1.54, 1.807) is 6.07 Å². The van der Waals surface area contributed by atoms with E-state index in [2.05, 4.69) is 20.3 Å². The lowest BCUT2D eigenvalue weighted by molar-refractivity contribution is -0.115. The molecule has 0 saturated heterocycles. The van der Waals surface area contributed by atoms with Crippen molar-refractivity contribution in [3.05, 3.63) is 46.1 Å². The largest absolute Gasteiger partial charge is 0.476 e. The van der Waals surface area contributed by atoms with Crippen LogP contribution in [-0.4, -0.2) is 31.9 Å². The highest BCUT2D eigenvalue weighted by Crippen LogP contribution is 2.18. The molecule has 0 saturated carbocycles. The minimum absolute atomic E-state index is 0.0986. The van der Waals surface area contributed by atoms with Gasteiger partial charge in [-0.2, -0.15) is 0 Å². The number of hydrogen-bond acceptors (Lipinski definition) is 5. The third-order valence-electron chi connectivity index (χ3n) is 2.40. The molecule has 2 heterocycles. The van der Waals surface area contributed by atoms with Crippen LogP contribution in [0.2, 0.25) is 10.3 Å². The average molecular weight is 327 g/mol. The number of anilines is 1. The van der Waals surface area contributed by atoms with Crippen molar-refractivity contribution in [3.63, 3.8) is 0 Å².